The summed E-state index contributed by atoms with van der Waals surface area (Å²) in [5, 5.41) is 17.9. The van der Waals surface area contributed by atoms with E-state index in [9.17, 15) is 18.0 Å². The van der Waals surface area contributed by atoms with Gasteiger partial charge in [0.15, 0.2) is 11.7 Å². The van der Waals surface area contributed by atoms with Crippen LogP contribution in [0, 0.1) is 5.92 Å². The topological polar surface area (TPSA) is 110 Å². The van der Waals surface area contributed by atoms with Gasteiger partial charge in [-0.25, -0.2) is 0 Å². The molecule has 2 heterocycles. The van der Waals surface area contributed by atoms with Gasteiger partial charge in [-0.2, -0.15) is 13.2 Å². The second kappa shape index (κ2) is 5.22. The largest absolute Gasteiger partial charge is 0.451 e. The lowest BCUT2D eigenvalue weighted by Crippen LogP contribution is -2.44. The molecule has 1 aromatic heterocycles. The van der Waals surface area contributed by atoms with E-state index >= 15 is 0 Å². The SMILES string of the molecule is CC(C(=O)N1CCn2c(nnc2C(F)(F)F)C1)C(N)=NO. The molecule has 0 saturated carbocycles. The number of fused-ring (bicyclic) bond motifs is 1. The lowest BCUT2D eigenvalue weighted by atomic mass is 10.1. The summed E-state index contributed by atoms with van der Waals surface area (Å²) in [4.78, 5) is 13.4. The Bertz CT molecular complexity index is 582. The molecule has 1 aliphatic rings. The monoisotopic (exact) mass is 306 g/mol. The molecular formula is C10H13F3N6O2. The molecule has 1 aliphatic heterocycles. The highest BCUT2D eigenvalue weighted by atomic mass is 19.4. The maximum absolute atomic E-state index is 12.7. The fraction of sp³-hybridized carbons (Fsp3) is 0.600. The Morgan fingerprint density at radius 1 is 1.43 bits per heavy atom. The third-order valence-corrected chi connectivity index (χ3v) is 3.25. The van der Waals surface area contributed by atoms with Crippen molar-refractivity contribution in [1.82, 2.24) is 19.7 Å². The fourth-order valence-corrected chi connectivity index (χ4v) is 2.04. The highest BCUT2D eigenvalue weighted by Gasteiger charge is 2.40. The van der Waals surface area contributed by atoms with Crippen LogP contribution in [0.25, 0.3) is 0 Å². The van der Waals surface area contributed by atoms with Gasteiger partial charge in [-0.05, 0) is 6.92 Å². The van der Waals surface area contributed by atoms with Gasteiger partial charge in [0.05, 0.1) is 12.5 Å². The quantitative estimate of drug-likeness (QED) is 0.346. The number of alkyl halides is 3. The average molecular weight is 306 g/mol. The molecular weight excluding hydrogens is 293 g/mol. The smallest absolute Gasteiger partial charge is 0.409 e. The summed E-state index contributed by atoms with van der Waals surface area (Å²) < 4.78 is 39.0. The number of rotatable bonds is 2. The van der Waals surface area contributed by atoms with Crippen molar-refractivity contribution in [2.75, 3.05) is 6.54 Å². The first-order chi connectivity index (χ1) is 9.75. The molecule has 1 amide bonds. The van der Waals surface area contributed by atoms with Crippen LogP contribution in [0.1, 0.15) is 18.6 Å². The van der Waals surface area contributed by atoms with Crippen LogP contribution in [0.4, 0.5) is 13.2 Å². The molecule has 1 atom stereocenters. The lowest BCUT2D eigenvalue weighted by molar-refractivity contribution is -0.148. The number of oxime groups is 1. The number of carbonyl (C=O) groups is 1. The van der Waals surface area contributed by atoms with Crippen molar-refractivity contribution in [3.63, 3.8) is 0 Å². The zero-order valence-corrected chi connectivity index (χ0v) is 11.0. The summed E-state index contributed by atoms with van der Waals surface area (Å²) in [7, 11) is 0. The molecule has 1 unspecified atom stereocenters. The first-order valence-electron chi connectivity index (χ1n) is 6.01. The molecule has 0 spiro atoms. The number of amidine groups is 1. The minimum atomic E-state index is -4.58. The zero-order chi connectivity index (χ0) is 15.8. The molecule has 11 heteroatoms. The molecule has 8 nitrogen and oxygen atoms in total. The molecule has 2 rings (SSSR count). The number of nitrogens with two attached hydrogens (primary N) is 1. The Hall–Kier alpha value is -2.33. The van der Waals surface area contributed by atoms with Crippen molar-refractivity contribution in [3.8, 4) is 0 Å². The van der Waals surface area contributed by atoms with Gasteiger partial charge >= 0.3 is 6.18 Å². The minimum absolute atomic E-state index is 0.0497. The van der Waals surface area contributed by atoms with Gasteiger partial charge < -0.3 is 20.4 Å². The molecule has 1 aromatic rings. The predicted molar refractivity (Wildman–Crippen MR) is 63.0 cm³/mol. The van der Waals surface area contributed by atoms with Gasteiger partial charge in [0.1, 0.15) is 0 Å². The van der Waals surface area contributed by atoms with Gasteiger partial charge in [0.2, 0.25) is 11.7 Å². The summed E-state index contributed by atoms with van der Waals surface area (Å²) in [6.45, 7) is 1.34. The minimum Gasteiger partial charge on any atom is -0.409 e. The third-order valence-electron chi connectivity index (χ3n) is 3.25. The summed E-state index contributed by atoms with van der Waals surface area (Å²) in [6.07, 6.45) is -4.58. The molecule has 21 heavy (non-hydrogen) atoms. The van der Waals surface area contributed by atoms with E-state index in [1.807, 2.05) is 0 Å². The second-order valence-electron chi connectivity index (χ2n) is 4.60. The van der Waals surface area contributed by atoms with Crippen molar-refractivity contribution < 1.29 is 23.2 Å². The highest BCUT2D eigenvalue weighted by molar-refractivity contribution is 6.01. The van der Waals surface area contributed by atoms with Crippen LogP contribution in [-0.4, -0.2) is 43.2 Å². The second-order valence-corrected chi connectivity index (χ2v) is 4.60. The van der Waals surface area contributed by atoms with Crippen molar-refractivity contribution in [3.05, 3.63) is 11.6 Å². The van der Waals surface area contributed by atoms with E-state index in [-0.39, 0.29) is 31.3 Å². The normalized spacial score (nSPS) is 17.5. The molecule has 3 N–H and O–H groups in total. The molecule has 0 aliphatic carbocycles. The van der Waals surface area contributed by atoms with Crippen LogP contribution in [-0.2, 0) is 24.1 Å². The third kappa shape index (κ3) is 2.76. The molecule has 0 saturated heterocycles. The number of hydrogen-bond acceptors (Lipinski definition) is 5. The van der Waals surface area contributed by atoms with Crippen molar-refractivity contribution in [1.29, 1.82) is 0 Å². The number of amides is 1. The van der Waals surface area contributed by atoms with E-state index in [1.165, 1.54) is 11.8 Å². The lowest BCUT2D eigenvalue weighted by Gasteiger charge is -2.29. The summed E-state index contributed by atoms with van der Waals surface area (Å²) in [5.74, 6) is -2.61. The molecule has 0 radical (unpaired) electrons. The van der Waals surface area contributed by atoms with Crippen molar-refractivity contribution in [2.24, 2.45) is 16.8 Å². The van der Waals surface area contributed by atoms with Gasteiger partial charge in [-0.3, -0.25) is 4.79 Å². The molecule has 0 fully saturated rings. The Labute approximate surface area is 117 Å². The number of nitrogens with zero attached hydrogens (tertiary/aromatic N) is 5. The van der Waals surface area contributed by atoms with E-state index in [0.29, 0.717) is 0 Å². The van der Waals surface area contributed by atoms with Gasteiger partial charge in [-0.1, -0.05) is 5.16 Å². The van der Waals surface area contributed by atoms with Crippen molar-refractivity contribution >= 4 is 11.7 Å². The zero-order valence-electron chi connectivity index (χ0n) is 11.0. The predicted octanol–water partition coefficient (Wildman–Crippen LogP) is 0.0216. The van der Waals surface area contributed by atoms with E-state index < -0.39 is 23.8 Å². The van der Waals surface area contributed by atoms with Gasteiger partial charge in [-0.15, -0.1) is 10.2 Å². The van der Waals surface area contributed by atoms with Crippen LogP contribution in [0.5, 0.6) is 0 Å². The maximum atomic E-state index is 12.7. The Morgan fingerprint density at radius 2 is 2.10 bits per heavy atom. The number of halogens is 3. The standard InChI is InChI=1S/C10H13F3N6O2/c1-5(7(14)17-21)8(20)18-2-3-19-6(4-18)15-16-9(19)10(11,12)13/h5,21H,2-4H2,1H3,(H2,14,17). The number of hydrogen-bond donors (Lipinski definition) is 2. The first kappa shape index (κ1) is 15.1. The van der Waals surface area contributed by atoms with E-state index in [0.717, 1.165) is 4.57 Å². The van der Waals surface area contributed by atoms with Crippen LogP contribution in [0.2, 0.25) is 0 Å². The Kier molecular flexibility index (Phi) is 3.75. The Morgan fingerprint density at radius 3 is 2.67 bits per heavy atom. The van der Waals surface area contributed by atoms with E-state index in [4.69, 9.17) is 10.9 Å². The van der Waals surface area contributed by atoms with Crippen LogP contribution < -0.4 is 5.73 Å². The van der Waals surface area contributed by atoms with Crippen LogP contribution >= 0.6 is 0 Å². The molecule has 0 aromatic carbocycles. The van der Waals surface area contributed by atoms with Crippen molar-refractivity contribution in [2.45, 2.75) is 26.2 Å². The summed E-state index contributed by atoms with van der Waals surface area (Å²) >= 11 is 0. The number of aromatic nitrogens is 3. The van der Waals surface area contributed by atoms with Gasteiger partial charge in [0, 0.05) is 13.1 Å². The first-order valence-corrected chi connectivity index (χ1v) is 6.01. The van der Waals surface area contributed by atoms with Crippen LogP contribution in [0.3, 0.4) is 0 Å². The molecule has 116 valence electrons. The summed E-state index contributed by atoms with van der Waals surface area (Å²) in [6, 6.07) is 0. The van der Waals surface area contributed by atoms with Gasteiger partial charge in [0.25, 0.3) is 0 Å². The summed E-state index contributed by atoms with van der Waals surface area (Å²) in [5.41, 5.74) is 5.35. The van der Waals surface area contributed by atoms with E-state index in [1.54, 1.807) is 0 Å². The highest BCUT2D eigenvalue weighted by Crippen LogP contribution is 2.29. The number of carbonyl (C=O) groups excluding carboxylic acids is 1. The van der Waals surface area contributed by atoms with Crippen LogP contribution in [0.15, 0.2) is 5.16 Å². The maximum Gasteiger partial charge on any atom is 0.451 e. The van der Waals surface area contributed by atoms with E-state index in [2.05, 4.69) is 15.4 Å². The molecule has 0 bridgehead atoms. The average Bonchev–Trinajstić information content (AvgIpc) is 2.87. The fourth-order valence-electron chi connectivity index (χ4n) is 2.04. The Balaban J connectivity index is 2.18.